The van der Waals surface area contributed by atoms with Crippen molar-refractivity contribution in [1.82, 2.24) is 0 Å². The minimum absolute atomic E-state index is 0.222. The van der Waals surface area contributed by atoms with Gasteiger partial charge in [-0.15, -0.1) is 0 Å². The number of benzene rings is 1. The van der Waals surface area contributed by atoms with E-state index in [1.54, 1.807) is 7.11 Å². The van der Waals surface area contributed by atoms with Crippen molar-refractivity contribution in [3.63, 3.8) is 0 Å². The van der Waals surface area contributed by atoms with Crippen molar-refractivity contribution in [1.29, 1.82) is 0 Å². The van der Waals surface area contributed by atoms with E-state index < -0.39 is 0 Å². The molecule has 0 heterocycles. The maximum Gasteiger partial charge on any atom is 0.166 e. The van der Waals surface area contributed by atoms with E-state index in [1.165, 1.54) is 0 Å². The van der Waals surface area contributed by atoms with Crippen LogP contribution in [0.2, 0.25) is 0 Å². The average Bonchev–Trinajstić information content (AvgIpc) is 2.28. The molecule has 4 nitrogen and oxygen atoms in total. The van der Waals surface area contributed by atoms with Gasteiger partial charge in [0.2, 0.25) is 0 Å². The van der Waals surface area contributed by atoms with E-state index in [9.17, 15) is 0 Å². The van der Waals surface area contributed by atoms with Crippen LogP contribution >= 0.6 is 0 Å². The monoisotopic (exact) mass is 211 g/mol. The van der Waals surface area contributed by atoms with Gasteiger partial charge < -0.3 is 9.47 Å². The fourth-order valence-electron chi connectivity index (χ4n) is 1.41. The summed E-state index contributed by atoms with van der Waals surface area (Å²) in [5.74, 6) is 6.54. The third-order valence-corrected chi connectivity index (χ3v) is 2.16. The summed E-state index contributed by atoms with van der Waals surface area (Å²) < 4.78 is 10.7. The van der Waals surface area contributed by atoms with Crippen LogP contribution in [0.4, 0.5) is 0 Å². The molecule has 0 bridgehead atoms. The molecule has 84 valence electrons. The van der Waals surface area contributed by atoms with Crippen molar-refractivity contribution in [2.45, 2.75) is 20.0 Å². The number of methoxy groups -OCH3 is 1. The average molecular weight is 211 g/mol. The highest BCUT2D eigenvalue weighted by Crippen LogP contribution is 2.35. The predicted molar refractivity (Wildman–Crippen MR) is 57.9 cm³/mol. The van der Waals surface area contributed by atoms with Crippen LogP contribution in [0.1, 0.15) is 25.5 Å². The molecular formula is C11H17NO3. The van der Waals surface area contributed by atoms with Crippen molar-refractivity contribution < 1.29 is 14.3 Å². The minimum atomic E-state index is -0.222. The van der Waals surface area contributed by atoms with Gasteiger partial charge in [-0.2, -0.15) is 0 Å². The second kappa shape index (κ2) is 5.58. The van der Waals surface area contributed by atoms with Gasteiger partial charge in [-0.05, 0) is 19.9 Å². The second-order valence-electron chi connectivity index (χ2n) is 3.09. The molecule has 0 aromatic heterocycles. The summed E-state index contributed by atoms with van der Waals surface area (Å²) in [7, 11) is 1.60. The molecule has 0 aliphatic rings. The van der Waals surface area contributed by atoms with E-state index in [1.807, 2.05) is 32.0 Å². The molecule has 1 rings (SSSR count). The summed E-state index contributed by atoms with van der Waals surface area (Å²) in [6.07, 6.45) is -0.222. The molecular weight excluding hydrogens is 194 g/mol. The van der Waals surface area contributed by atoms with Crippen LogP contribution in [-0.2, 0) is 4.84 Å². The summed E-state index contributed by atoms with van der Waals surface area (Å²) >= 11 is 0. The molecule has 0 amide bonds. The van der Waals surface area contributed by atoms with Crippen LogP contribution in [0.25, 0.3) is 0 Å². The summed E-state index contributed by atoms with van der Waals surface area (Å²) in [6, 6.07) is 5.65. The lowest BCUT2D eigenvalue weighted by atomic mass is 10.1. The molecule has 1 atom stereocenters. The van der Waals surface area contributed by atoms with Crippen LogP contribution in [-0.4, -0.2) is 13.7 Å². The Bertz CT molecular complexity index is 315. The minimum Gasteiger partial charge on any atom is -0.492 e. The molecule has 1 aromatic rings. The standard InChI is InChI=1S/C11H17NO3/c1-4-14-10-7-5-6-9(8(2)15-12)11(10)13-3/h5-8H,4,12H2,1-3H3. The van der Waals surface area contributed by atoms with Crippen molar-refractivity contribution in [3.05, 3.63) is 23.8 Å². The number of ether oxygens (including phenoxy) is 2. The fraction of sp³-hybridized carbons (Fsp3) is 0.455. The van der Waals surface area contributed by atoms with Gasteiger partial charge in [0.1, 0.15) is 6.10 Å². The van der Waals surface area contributed by atoms with E-state index in [0.29, 0.717) is 18.1 Å². The van der Waals surface area contributed by atoms with Gasteiger partial charge in [0.25, 0.3) is 0 Å². The number of hydrogen-bond acceptors (Lipinski definition) is 4. The first-order valence-corrected chi connectivity index (χ1v) is 4.89. The second-order valence-corrected chi connectivity index (χ2v) is 3.09. The number of rotatable bonds is 5. The van der Waals surface area contributed by atoms with Crippen molar-refractivity contribution in [2.24, 2.45) is 5.90 Å². The van der Waals surface area contributed by atoms with E-state index in [-0.39, 0.29) is 6.10 Å². The zero-order valence-corrected chi connectivity index (χ0v) is 9.32. The normalized spacial score (nSPS) is 12.3. The van der Waals surface area contributed by atoms with Gasteiger partial charge in [-0.1, -0.05) is 12.1 Å². The summed E-state index contributed by atoms with van der Waals surface area (Å²) in [5.41, 5.74) is 0.881. The van der Waals surface area contributed by atoms with Crippen LogP contribution < -0.4 is 15.4 Å². The smallest absolute Gasteiger partial charge is 0.166 e. The van der Waals surface area contributed by atoms with Crippen molar-refractivity contribution in [3.8, 4) is 11.5 Å². The molecule has 0 aliphatic carbocycles. The first-order chi connectivity index (χ1) is 7.24. The molecule has 0 radical (unpaired) electrons. The lowest BCUT2D eigenvalue weighted by Gasteiger charge is -2.16. The highest BCUT2D eigenvalue weighted by molar-refractivity contribution is 5.47. The van der Waals surface area contributed by atoms with Crippen molar-refractivity contribution in [2.75, 3.05) is 13.7 Å². The summed E-state index contributed by atoms with van der Waals surface area (Å²) in [6.45, 7) is 4.38. The summed E-state index contributed by atoms with van der Waals surface area (Å²) in [5, 5.41) is 0. The van der Waals surface area contributed by atoms with Crippen LogP contribution in [0, 0.1) is 0 Å². The van der Waals surface area contributed by atoms with E-state index in [4.69, 9.17) is 20.2 Å². The summed E-state index contributed by atoms with van der Waals surface area (Å²) in [4.78, 5) is 4.78. The van der Waals surface area contributed by atoms with Crippen LogP contribution in [0.15, 0.2) is 18.2 Å². The third kappa shape index (κ3) is 2.61. The first kappa shape index (κ1) is 11.8. The third-order valence-electron chi connectivity index (χ3n) is 2.16. The van der Waals surface area contributed by atoms with E-state index in [0.717, 1.165) is 5.56 Å². The Labute approximate surface area is 89.9 Å². The van der Waals surface area contributed by atoms with Gasteiger partial charge in [0.15, 0.2) is 11.5 Å². The Kier molecular flexibility index (Phi) is 4.39. The Morgan fingerprint density at radius 3 is 2.67 bits per heavy atom. The molecule has 1 aromatic carbocycles. The molecule has 4 heteroatoms. The van der Waals surface area contributed by atoms with E-state index in [2.05, 4.69) is 0 Å². The first-order valence-electron chi connectivity index (χ1n) is 4.89. The molecule has 0 saturated carbocycles. The molecule has 0 saturated heterocycles. The van der Waals surface area contributed by atoms with Gasteiger partial charge in [0, 0.05) is 5.56 Å². The molecule has 0 aliphatic heterocycles. The number of para-hydroxylation sites is 1. The SMILES string of the molecule is CCOc1cccc(C(C)ON)c1OC. The number of hydrogen-bond donors (Lipinski definition) is 1. The highest BCUT2D eigenvalue weighted by Gasteiger charge is 2.15. The van der Waals surface area contributed by atoms with E-state index >= 15 is 0 Å². The lowest BCUT2D eigenvalue weighted by Crippen LogP contribution is -2.08. The Morgan fingerprint density at radius 1 is 1.40 bits per heavy atom. The lowest BCUT2D eigenvalue weighted by molar-refractivity contribution is 0.0642. The Morgan fingerprint density at radius 2 is 2.13 bits per heavy atom. The van der Waals surface area contributed by atoms with Gasteiger partial charge >= 0.3 is 0 Å². The Hall–Kier alpha value is -1.26. The van der Waals surface area contributed by atoms with Crippen molar-refractivity contribution >= 4 is 0 Å². The largest absolute Gasteiger partial charge is 0.492 e. The zero-order valence-electron chi connectivity index (χ0n) is 9.32. The zero-order chi connectivity index (χ0) is 11.3. The van der Waals surface area contributed by atoms with Gasteiger partial charge in [-0.3, -0.25) is 4.84 Å². The number of nitrogens with two attached hydrogens (primary N) is 1. The molecule has 1 unspecified atom stereocenters. The molecule has 0 spiro atoms. The van der Waals surface area contributed by atoms with Crippen LogP contribution in [0.5, 0.6) is 11.5 Å². The quantitative estimate of drug-likeness (QED) is 0.757. The van der Waals surface area contributed by atoms with Crippen LogP contribution in [0.3, 0.4) is 0 Å². The maximum atomic E-state index is 5.44. The fourth-order valence-corrected chi connectivity index (χ4v) is 1.41. The Balaban J connectivity index is 3.09. The topological polar surface area (TPSA) is 53.7 Å². The highest BCUT2D eigenvalue weighted by atomic mass is 16.6. The predicted octanol–water partition coefficient (Wildman–Crippen LogP) is 2.05. The molecule has 15 heavy (non-hydrogen) atoms. The van der Waals surface area contributed by atoms with Gasteiger partial charge in [-0.25, -0.2) is 5.90 Å². The van der Waals surface area contributed by atoms with Gasteiger partial charge in [0.05, 0.1) is 13.7 Å². The molecule has 0 fully saturated rings. The molecule has 2 N–H and O–H groups in total. The maximum absolute atomic E-state index is 5.44.